The molecule has 0 N–H and O–H groups in total. The lowest BCUT2D eigenvalue weighted by Crippen LogP contribution is -2.11. The highest BCUT2D eigenvalue weighted by Crippen LogP contribution is 2.36. The van der Waals surface area contributed by atoms with Crippen LogP contribution in [-0.4, -0.2) is 5.78 Å². The Morgan fingerprint density at radius 1 is 1.15 bits per heavy atom. The van der Waals surface area contributed by atoms with E-state index in [0.29, 0.717) is 5.92 Å². The van der Waals surface area contributed by atoms with Gasteiger partial charge in [-0.15, -0.1) is 0 Å². The minimum Gasteiger partial charge on any atom is -0.295 e. The zero-order valence-electron chi connectivity index (χ0n) is 12.8. The molecule has 1 aliphatic carbocycles. The molecule has 0 atom stereocenters. The summed E-state index contributed by atoms with van der Waals surface area (Å²) in [6.07, 6.45) is 12.4. The summed E-state index contributed by atoms with van der Waals surface area (Å²) in [6.45, 7) is 3.86. The van der Waals surface area contributed by atoms with Gasteiger partial charge >= 0.3 is 0 Å². The molecule has 0 aliphatic heterocycles. The summed E-state index contributed by atoms with van der Waals surface area (Å²) < 4.78 is 0. The molecule has 1 nitrogen and oxygen atoms in total. The highest BCUT2D eigenvalue weighted by Gasteiger charge is 2.20. The van der Waals surface area contributed by atoms with Crippen molar-refractivity contribution in [2.75, 3.05) is 0 Å². The van der Waals surface area contributed by atoms with Gasteiger partial charge in [0.1, 0.15) is 0 Å². The van der Waals surface area contributed by atoms with E-state index >= 15 is 0 Å². The van der Waals surface area contributed by atoms with E-state index in [1.54, 1.807) is 6.92 Å². The monoisotopic (exact) mass is 270 g/mol. The first kappa shape index (κ1) is 15.0. The molecule has 20 heavy (non-hydrogen) atoms. The van der Waals surface area contributed by atoms with E-state index < -0.39 is 0 Å². The Balaban J connectivity index is 1.88. The van der Waals surface area contributed by atoms with E-state index in [0.717, 1.165) is 11.5 Å². The molecule has 2 rings (SSSR count). The molecule has 1 fully saturated rings. The SMILES string of the molecule is CCC/C=C/[C@H]1CC[C@H](c2ccc(C(C)=O)cc2)CC1. The summed E-state index contributed by atoms with van der Waals surface area (Å²) in [4.78, 5) is 11.3. The standard InChI is InChI=1S/C19H26O/c1-3-4-5-6-16-7-9-18(10-8-16)19-13-11-17(12-14-19)15(2)20/h5-6,11-14,16,18H,3-4,7-10H2,1-2H3/b6-5+/t16-,18-. The van der Waals surface area contributed by atoms with Gasteiger partial charge in [-0.3, -0.25) is 4.79 Å². The summed E-state index contributed by atoms with van der Waals surface area (Å²) in [5.74, 6) is 1.63. The van der Waals surface area contributed by atoms with Crippen LogP contribution in [0.15, 0.2) is 36.4 Å². The minimum atomic E-state index is 0.154. The fourth-order valence-corrected chi connectivity index (χ4v) is 3.09. The number of hydrogen-bond donors (Lipinski definition) is 0. The number of unbranched alkanes of at least 4 members (excludes halogenated alkanes) is 1. The molecular weight excluding hydrogens is 244 g/mol. The van der Waals surface area contributed by atoms with E-state index in [4.69, 9.17) is 0 Å². The molecule has 0 heterocycles. The predicted octanol–water partition coefficient (Wildman–Crippen LogP) is 5.52. The summed E-state index contributed by atoms with van der Waals surface area (Å²) in [5.41, 5.74) is 2.23. The highest BCUT2D eigenvalue weighted by atomic mass is 16.1. The van der Waals surface area contributed by atoms with Crippen LogP contribution in [-0.2, 0) is 0 Å². The Bertz CT molecular complexity index is 447. The molecule has 1 aromatic rings. The zero-order chi connectivity index (χ0) is 14.4. The number of ketones is 1. The van der Waals surface area contributed by atoms with Gasteiger partial charge in [-0.25, -0.2) is 0 Å². The van der Waals surface area contributed by atoms with Crippen LogP contribution >= 0.6 is 0 Å². The summed E-state index contributed by atoms with van der Waals surface area (Å²) >= 11 is 0. The Morgan fingerprint density at radius 2 is 1.80 bits per heavy atom. The molecular formula is C19H26O. The van der Waals surface area contributed by atoms with Crippen LogP contribution in [0.5, 0.6) is 0 Å². The maximum absolute atomic E-state index is 11.3. The molecule has 0 aromatic heterocycles. The van der Waals surface area contributed by atoms with Crippen molar-refractivity contribution in [2.24, 2.45) is 5.92 Å². The highest BCUT2D eigenvalue weighted by molar-refractivity contribution is 5.94. The molecule has 0 bridgehead atoms. The second-order valence-corrected chi connectivity index (χ2v) is 6.01. The van der Waals surface area contributed by atoms with Crippen molar-refractivity contribution < 1.29 is 4.79 Å². The van der Waals surface area contributed by atoms with Crippen LogP contribution in [0.25, 0.3) is 0 Å². The van der Waals surface area contributed by atoms with Crippen LogP contribution < -0.4 is 0 Å². The molecule has 1 aromatic carbocycles. The van der Waals surface area contributed by atoms with Gasteiger partial charge in [-0.1, -0.05) is 49.8 Å². The van der Waals surface area contributed by atoms with E-state index in [2.05, 4.69) is 31.2 Å². The van der Waals surface area contributed by atoms with Crippen molar-refractivity contribution in [2.45, 2.75) is 58.3 Å². The van der Waals surface area contributed by atoms with Gasteiger partial charge in [-0.05, 0) is 56.4 Å². The number of Topliss-reactive ketones (excluding diaryl/α,β-unsaturated/α-hetero) is 1. The fourth-order valence-electron chi connectivity index (χ4n) is 3.09. The third kappa shape index (κ3) is 4.06. The van der Waals surface area contributed by atoms with Crippen molar-refractivity contribution in [1.29, 1.82) is 0 Å². The topological polar surface area (TPSA) is 17.1 Å². The fraction of sp³-hybridized carbons (Fsp3) is 0.526. The molecule has 0 unspecified atom stereocenters. The number of rotatable bonds is 5. The number of hydrogen-bond acceptors (Lipinski definition) is 1. The first-order chi connectivity index (χ1) is 9.70. The molecule has 1 aliphatic rings. The average Bonchev–Trinajstić information content (AvgIpc) is 2.48. The molecule has 0 radical (unpaired) electrons. The lowest BCUT2D eigenvalue weighted by Gasteiger charge is -2.27. The molecule has 1 heteroatoms. The van der Waals surface area contributed by atoms with Crippen molar-refractivity contribution in [3.05, 3.63) is 47.5 Å². The number of carbonyl (C=O) groups is 1. The predicted molar refractivity (Wildman–Crippen MR) is 85.2 cm³/mol. The maximum Gasteiger partial charge on any atom is 0.159 e. The zero-order valence-corrected chi connectivity index (χ0v) is 12.8. The molecule has 0 amide bonds. The van der Waals surface area contributed by atoms with Gasteiger partial charge < -0.3 is 0 Å². The third-order valence-electron chi connectivity index (χ3n) is 4.42. The van der Waals surface area contributed by atoms with Crippen LogP contribution in [0.2, 0.25) is 0 Å². The first-order valence-electron chi connectivity index (χ1n) is 7.98. The maximum atomic E-state index is 11.3. The van der Waals surface area contributed by atoms with Gasteiger partial charge in [0.2, 0.25) is 0 Å². The van der Waals surface area contributed by atoms with E-state index in [1.165, 1.54) is 44.1 Å². The van der Waals surface area contributed by atoms with Crippen molar-refractivity contribution in [3.63, 3.8) is 0 Å². The smallest absolute Gasteiger partial charge is 0.159 e. The van der Waals surface area contributed by atoms with Crippen LogP contribution in [0.3, 0.4) is 0 Å². The molecule has 0 spiro atoms. The summed E-state index contributed by atoms with van der Waals surface area (Å²) in [7, 11) is 0. The van der Waals surface area contributed by atoms with Gasteiger partial charge in [0.15, 0.2) is 5.78 Å². The van der Waals surface area contributed by atoms with Gasteiger partial charge in [0.05, 0.1) is 0 Å². The second kappa shape index (κ2) is 7.42. The van der Waals surface area contributed by atoms with E-state index in [-0.39, 0.29) is 5.78 Å². The number of allylic oxidation sites excluding steroid dienone is 2. The first-order valence-corrected chi connectivity index (χ1v) is 7.98. The van der Waals surface area contributed by atoms with Crippen molar-refractivity contribution in [3.8, 4) is 0 Å². The van der Waals surface area contributed by atoms with Crippen LogP contribution in [0, 0.1) is 5.92 Å². The second-order valence-electron chi connectivity index (χ2n) is 6.01. The molecule has 0 saturated heterocycles. The van der Waals surface area contributed by atoms with Crippen molar-refractivity contribution in [1.82, 2.24) is 0 Å². The third-order valence-corrected chi connectivity index (χ3v) is 4.42. The van der Waals surface area contributed by atoms with E-state index in [9.17, 15) is 4.79 Å². The average molecular weight is 270 g/mol. The lowest BCUT2D eigenvalue weighted by atomic mass is 9.78. The lowest BCUT2D eigenvalue weighted by molar-refractivity contribution is 0.101. The number of benzene rings is 1. The quantitative estimate of drug-likeness (QED) is 0.508. The van der Waals surface area contributed by atoms with E-state index in [1.807, 2.05) is 12.1 Å². The largest absolute Gasteiger partial charge is 0.295 e. The van der Waals surface area contributed by atoms with Gasteiger partial charge in [-0.2, -0.15) is 0 Å². The van der Waals surface area contributed by atoms with Crippen molar-refractivity contribution >= 4 is 5.78 Å². The summed E-state index contributed by atoms with van der Waals surface area (Å²) in [6, 6.07) is 8.25. The molecule has 1 saturated carbocycles. The molecule has 108 valence electrons. The normalized spacial score (nSPS) is 23.1. The Hall–Kier alpha value is -1.37. The Morgan fingerprint density at radius 3 is 2.35 bits per heavy atom. The number of carbonyl (C=O) groups excluding carboxylic acids is 1. The van der Waals surface area contributed by atoms with Gasteiger partial charge in [0.25, 0.3) is 0 Å². The Kier molecular flexibility index (Phi) is 5.58. The Labute approximate surface area is 123 Å². The van der Waals surface area contributed by atoms with Crippen LogP contribution in [0.1, 0.15) is 74.2 Å². The minimum absolute atomic E-state index is 0.154. The van der Waals surface area contributed by atoms with Crippen LogP contribution in [0.4, 0.5) is 0 Å². The summed E-state index contributed by atoms with van der Waals surface area (Å²) in [5, 5.41) is 0. The van der Waals surface area contributed by atoms with Gasteiger partial charge in [0, 0.05) is 5.56 Å².